The summed E-state index contributed by atoms with van der Waals surface area (Å²) in [5.74, 6) is 0.981. The third-order valence-electron chi connectivity index (χ3n) is 3.71. The molecule has 0 radical (unpaired) electrons. The molecule has 0 atom stereocenters. The second kappa shape index (κ2) is 5.45. The van der Waals surface area contributed by atoms with E-state index in [1.54, 1.807) is 0 Å². The third kappa shape index (κ3) is 2.64. The maximum atomic E-state index is 5.97. The number of hydrogen-bond acceptors (Lipinski definition) is 2. The summed E-state index contributed by atoms with van der Waals surface area (Å²) in [5.41, 5.74) is 5.39. The minimum Gasteiger partial charge on any atom is -0.489 e. The topological polar surface area (TPSA) is 21.3 Å². The van der Waals surface area contributed by atoms with Crippen molar-refractivity contribution in [2.24, 2.45) is 0 Å². The molecule has 1 heterocycles. The Labute approximate surface area is 114 Å². The van der Waals surface area contributed by atoms with E-state index in [-0.39, 0.29) is 0 Å². The standard InChI is InChI=1S/C17H19NO/c1-13-5-2-3-8-17(13)19-12-15-7-4-6-14-11-18-10-9-16(14)15/h2-8,18H,9-12H2,1H3. The lowest BCUT2D eigenvalue weighted by Gasteiger charge is -2.20. The molecule has 0 aliphatic carbocycles. The van der Waals surface area contributed by atoms with Crippen molar-refractivity contribution in [1.82, 2.24) is 5.32 Å². The van der Waals surface area contributed by atoms with Crippen molar-refractivity contribution in [3.63, 3.8) is 0 Å². The van der Waals surface area contributed by atoms with E-state index in [2.05, 4.69) is 36.5 Å². The molecule has 2 aromatic carbocycles. The second-order valence-corrected chi connectivity index (χ2v) is 5.04. The molecule has 2 heteroatoms. The summed E-state index contributed by atoms with van der Waals surface area (Å²) < 4.78 is 5.97. The van der Waals surface area contributed by atoms with E-state index in [0.29, 0.717) is 6.61 Å². The lowest BCUT2D eigenvalue weighted by atomic mass is 9.96. The van der Waals surface area contributed by atoms with Crippen molar-refractivity contribution in [3.05, 3.63) is 64.7 Å². The van der Waals surface area contributed by atoms with Crippen LogP contribution < -0.4 is 10.1 Å². The highest BCUT2D eigenvalue weighted by Gasteiger charge is 2.12. The Morgan fingerprint density at radius 3 is 2.89 bits per heavy atom. The molecule has 0 amide bonds. The zero-order chi connectivity index (χ0) is 13.1. The van der Waals surface area contributed by atoms with Gasteiger partial charge in [0, 0.05) is 6.54 Å². The van der Waals surface area contributed by atoms with Gasteiger partial charge in [0.15, 0.2) is 0 Å². The van der Waals surface area contributed by atoms with Crippen molar-refractivity contribution in [2.45, 2.75) is 26.5 Å². The zero-order valence-corrected chi connectivity index (χ0v) is 11.3. The Kier molecular flexibility index (Phi) is 3.51. The number of nitrogens with one attached hydrogen (secondary N) is 1. The summed E-state index contributed by atoms with van der Waals surface area (Å²) in [7, 11) is 0. The third-order valence-corrected chi connectivity index (χ3v) is 3.71. The zero-order valence-electron chi connectivity index (χ0n) is 11.3. The minimum atomic E-state index is 0.661. The maximum absolute atomic E-state index is 5.97. The normalized spacial score (nSPS) is 13.9. The summed E-state index contributed by atoms with van der Waals surface area (Å²) in [5, 5.41) is 3.41. The van der Waals surface area contributed by atoms with Gasteiger partial charge >= 0.3 is 0 Å². The molecule has 0 saturated heterocycles. The molecule has 0 fully saturated rings. The van der Waals surface area contributed by atoms with E-state index in [4.69, 9.17) is 4.74 Å². The molecule has 0 unspecified atom stereocenters. The highest BCUT2D eigenvalue weighted by molar-refractivity contribution is 5.38. The molecule has 1 aliphatic heterocycles. The van der Waals surface area contributed by atoms with Gasteiger partial charge in [0.05, 0.1) is 0 Å². The van der Waals surface area contributed by atoms with Crippen molar-refractivity contribution in [3.8, 4) is 5.75 Å². The predicted molar refractivity (Wildman–Crippen MR) is 77.4 cm³/mol. The molecule has 1 N–H and O–H groups in total. The Hall–Kier alpha value is -1.80. The molecule has 0 bridgehead atoms. The van der Waals surface area contributed by atoms with Crippen LogP contribution in [0.5, 0.6) is 5.75 Å². The Balaban J connectivity index is 1.79. The van der Waals surface area contributed by atoms with Gasteiger partial charge in [-0.05, 0) is 48.2 Å². The monoisotopic (exact) mass is 253 g/mol. The van der Waals surface area contributed by atoms with Crippen LogP contribution in [0.15, 0.2) is 42.5 Å². The SMILES string of the molecule is Cc1ccccc1OCc1cccc2c1CCNC2. The number of fused-ring (bicyclic) bond motifs is 1. The van der Waals surface area contributed by atoms with Crippen LogP contribution in [0.25, 0.3) is 0 Å². The fourth-order valence-corrected chi connectivity index (χ4v) is 2.62. The Bertz CT molecular complexity index is 577. The largest absolute Gasteiger partial charge is 0.489 e. The minimum absolute atomic E-state index is 0.661. The van der Waals surface area contributed by atoms with Gasteiger partial charge in [-0.25, -0.2) is 0 Å². The summed E-state index contributed by atoms with van der Waals surface area (Å²) >= 11 is 0. The van der Waals surface area contributed by atoms with Crippen LogP contribution >= 0.6 is 0 Å². The van der Waals surface area contributed by atoms with E-state index in [0.717, 1.165) is 25.3 Å². The van der Waals surface area contributed by atoms with Crippen molar-refractivity contribution >= 4 is 0 Å². The van der Waals surface area contributed by atoms with Gasteiger partial charge in [-0.3, -0.25) is 0 Å². The fourth-order valence-electron chi connectivity index (χ4n) is 2.62. The first-order chi connectivity index (χ1) is 9.34. The van der Waals surface area contributed by atoms with Gasteiger partial charge in [-0.1, -0.05) is 36.4 Å². The lowest BCUT2D eigenvalue weighted by molar-refractivity contribution is 0.302. The van der Waals surface area contributed by atoms with Crippen molar-refractivity contribution in [2.75, 3.05) is 6.54 Å². The predicted octanol–water partition coefficient (Wildman–Crippen LogP) is 3.22. The highest BCUT2D eigenvalue weighted by Crippen LogP contribution is 2.22. The van der Waals surface area contributed by atoms with E-state index in [1.807, 2.05) is 18.2 Å². The molecule has 1 aliphatic rings. The smallest absolute Gasteiger partial charge is 0.122 e. The summed E-state index contributed by atoms with van der Waals surface area (Å²) in [6, 6.07) is 14.7. The molecule has 2 aromatic rings. The molecule has 0 saturated carbocycles. The average molecular weight is 253 g/mol. The fraction of sp³-hybridized carbons (Fsp3) is 0.294. The number of aryl methyl sites for hydroxylation is 1. The van der Waals surface area contributed by atoms with Gasteiger partial charge < -0.3 is 10.1 Å². The Morgan fingerprint density at radius 1 is 1.11 bits per heavy atom. The molecular weight excluding hydrogens is 234 g/mol. The van der Waals surface area contributed by atoms with Crippen LogP contribution in [0.3, 0.4) is 0 Å². The highest BCUT2D eigenvalue weighted by atomic mass is 16.5. The Morgan fingerprint density at radius 2 is 2.00 bits per heavy atom. The van der Waals surface area contributed by atoms with Crippen LogP contribution in [0, 0.1) is 6.92 Å². The van der Waals surface area contributed by atoms with Gasteiger partial charge in [-0.15, -0.1) is 0 Å². The van der Waals surface area contributed by atoms with Crippen molar-refractivity contribution < 1.29 is 4.74 Å². The molecule has 3 rings (SSSR count). The maximum Gasteiger partial charge on any atom is 0.122 e. The molecule has 2 nitrogen and oxygen atoms in total. The first-order valence-electron chi connectivity index (χ1n) is 6.83. The number of benzene rings is 2. The summed E-state index contributed by atoms with van der Waals surface area (Å²) in [6.45, 7) is 4.79. The quantitative estimate of drug-likeness (QED) is 0.907. The number of rotatable bonds is 3. The second-order valence-electron chi connectivity index (χ2n) is 5.04. The van der Waals surface area contributed by atoms with Crippen LogP contribution in [0.2, 0.25) is 0 Å². The van der Waals surface area contributed by atoms with Gasteiger partial charge in [-0.2, -0.15) is 0 Å². The number of para-hydroxylation sites is 1. The summed E-state index contributed by atoms with van der Waals surface area (Å²) in [6.07, 6.45) is 1.10. The van der Waals surface area contributed by atoms with Crippen molar-refractivity contribution in [1.29, 1.82) is 0 Å². The van der Waals surface area contributed by atoms with E-state index in [1.165, 1.54) is 22.3 Å². The van der Waals surface area contributed by atoms with E-state index >= 15 is 0 Å². The number of ether oxygens (including phenoxy) is 1. The van der Waals surface area contributed by atoms with E-state index < -0.39 is 0 Å². The molecule has 0 aromatic heterocycles. The average Bonchev–Trinajstić information content (AvgIpc) is 2.46. The van der Waals surface area contributed by atoms with Gasteiger partial charge in [0.1, 0.15) is 12.4 Å². The lowest BCUT2D eigenvalue weighted by Crippen LogP contribution is -2.24. The van der Waals surface area contributed by atoms with Crippen LogP contribution in [-0.4, -0.2) is 6.54 Å². The van der Waals surface area contributed by atoms with Crippen LogP contribution in [0.4, 0.5) is 0 Å². The van der Waals surface area contributed by atoms with Crippen LogP contribution in [-0.2, 0) is 19.6 Å². The molecule has 98 valence electrons. The first kappa shape index (κ1) is 12.2. The van der Waals surface area contributed by atoms with Gasteiger partial charge in [0.25, 0.3) is 0 Å². The summed E-state index contributed by atoms with van der Waals surface area (Å²) in [4.78, 5) is 0. The number of hydrogen-bond donors (Lipinski definition) is 1. The van der Waals surface area contributed by atoms with Gasteiger partial charge in [0.2, 0.25) is 0 Å². The molecular formula is C17H19NO. The molecule has 19 heavy (non-hydrogen) atoms. The first-order valence-corrected chi connectivity index (χ1v) is 6.83. The van der Waals surface area contributed by atoms with Crippen LogP contribution in [0.1, 0.15) is 22.3 Å². The van der Waals surface area contributed by atoms with E-state index in [9.17, 15) is 0 Å². The molecule has 0 spiro atoms.